The molecule has 2 nitrogen and oxygen atoms in total. The van der Waals surface area contributed by atoms with Crippen molar-refractivity contribution in [2.75, 3.05) is 13.2 Å². The lowest BCUT2D eigenvalue weighted by Gasteiger charge is -2.53. The molecule has 2 saturated carbocycles. The molecular weight excluding hydrogens is 356 g/mol. The van der Waals surface area contributed by atoms with Crippen molar-refractivity contribution in [1.29, 1.82) is 0 Å². The maximum Gasteiger partial charge on any atom is 0.119 e. The lowest BCUT2D eigenvalue weighted by atomic mass is 9.52. The first-order chi connectivity index (χ1) is 14.1. The average molecular weight is 399 g/mol. The minimum atomic E-state index is 0.384. The molecule has 0 radical (unpaired) electrons. The highest BCUT2D eigenvalue weighted by molar-refractivity contribution is 5.41. The number of fused-ring (bicyclic) bond motifs is 5. The van der Waals surface area contributed by atoms with Crippen LogP contribution in [0.4, 0.5) is 0 Å². The van der Waals surface area contributed by atoms with Gasteiger partial charge in [-0.3, -0.25) is 0 Å². The van der Waals surface area contributed by atoms with Crippen LogP contribution in [0.5, 0.6) is 5.75 Å². The molecule has 6 atom stereocenters. The first-order valence-electron chi connectivity index (χ1n) is 12.5. The number of rotatable bonds is 8. The van der Waals surface area contributed by atoms with E-state index in [1.54, 1.807) is 11.1 Å². The van der Waals surface area contributed by atoms with Crippen LogP contribution in [0.1, 0.15) is 96.1 Å². The number of ether oxygens (including phenoxy) is 2. The molecule has 4 rings (SSSR count). The third kappa shape index (κ3) is 3.99. The molecule has 162 valence electrons. The summed E-state index contributed by atoms with van der Waals surface area (Å²) in [5.41, 5.74) is 3.58. The van der Waals surface area contributed by atoms with E-state index in [0.29, 0.717) is 11.5 Å². The molecule has 0 bridgehead atoms. The van der Waals surface area contributed by atoms with Gasteiger partial charge >= 0.3 is 0 Å². The number of aryl methyl sites for hydroxylation is 1. The van der Waals surface area contributed by atoms with E-state index in [9.17, 15) is 0 Å². The van der Waals surface area contributed by atoms with Crippen molar-refractivity contribution in [2.45, 2.75) is 97.5 Å². The van der Waals surface area contributed by atoms with Gasteiger partial charge in [-0.15, -0.1) is 0 Å². The summed E-state index contributed by atoms with van der Waals surface area (Å²) in [6.07, 6.45) is 11.8. The Morgan fingerprint density at radius 1 is 1.03 bits per heavy atom. The van der Waals surface area contributed by atoms with E-state index >= 15 is 0 Å². The average Bonchev–Trinajstić information content (AvgIpc) is 3.04. The Balaban J connectivity index is 1.51. The topological polar surface area (TPSA) is 18.5 Å². The fraction of sp³-hybridized carbons (Fsp3) is 0.778. The van der Waals surface area contributed by atoms with Crippen LogP contribution in [0.15, 0.2) is 18.2 Å². The third-order valence-corrected chi connectivity index (χ3v) is 8.48. The van der Waals surface area contributed by atoms with E-state index in [0.717, 1.165) is 49.1 Å². The summed E-state index contributed by atoms with van der Waals surface area (Å²) in [7, 11) is 0. The Bertz CT molecular complexity index is 683. The van der Waals surface area contributed by atoms with Gasteiger partial charge < -0.3 is 9.47 Å². The van der Waals surface area contributed by atoms with Crippen LogP contribution in [0.2, 0.25) is 0 Å². The van der Waals surface area contributed by atoms with Gasteiger partial charge in [0.25, 0.3) is 0 Å². The maximum atomic E-state index is 6.46. The molecule has 0 spiro atoms. The standard InChI is InChI=1S/C27H42O2/c1-5-7-15-28-21-10-12-22-20(17-21)9-11-23-24-13-14-25(29-16-8-6-2)27(24,4)18-19(3)26(22)23/h10,12,17,19,23-26H,5-9,11,13-16,18H2,1-4H3/t19-,23?,24?,25-,26?,27-/m0/s1. The molecule has 0 heterocycles. The highest BCUT2D eigenvalue weighted by atomic mass is 16.5. The van der Waals surface area contributed by atoms with Gasteiger partial charge in [0.2, 0.25) is 0 Å². The SMILES string of the molecule is CCCCOc1ccc2c(c1)CCC1C2[C@@H](C)C[C@@]2(C)C1CC[C@@H]2OCCCC. The molecule has 29 heavy (non-hydrogen) atoms. The molecule has 3 aliphatic carbocycles. The Labute approximate surface area is 178 Å². The lowest BCUT2D eigenvalue weighted by Crippen LogP contribution is -2.48. The number of hydrogen-bond acceptors (Lipinski definition) is 2. The zero-order valence-electron chi connectivity index (χ0n) is 19.2. The summed E-state index contributed by atoms with van der Waals surface area (Å²) in [4.78, 5) is 0. The molecule has 3 aliphatic rings. The monoisotopic (exact) mass is 398 g/mol. The molecule has 0 saturated heterocycles. The van der Waals surface area contributed by atoms with E-state index in [-0.39, 0.29) is 0 Å². The molecular formula is C27H42O2. The van der Waals surface area contributed by atoms with Crippen molar-refractivity contribution in [2.24, 2.45) is 23.2 Å². The molecule has 1 aromatic carbocycles. The van der Waals surface area contributed by atoms with E-state index < -0.39 is 0 Å². The van der Waals surface area contributed by atoms with Crippen molar-refractivity contribution >= 4 is 0 Å². The highest BCUT2D eigenvalue weighted by Crippen LogP contribution is 2.63. The molecule has 1 aromatic rings. The van der Waals surface area contributed by atoms with E-state index in [1.165, 1.54) is 51.4 Å². The second-order valence-corrected chi connectivity index (χ2v) is 10.4. The summed E-state index contributed by atoms with van der Waals surface area (Å²) in [6.45, 7) is 11.4. The van der Waals surface area contributed by atoms with Crippen LogP contribution in [0, 0.1) is 23.2 Å². The zero-order chi connectivity index (χ0) is 20.4. The Hall–Kier alpha value is -1.02. The van der Waals surface area contributed by atoms with Gasteiger partial charge in [-0.2, -0.15) is 0 Å². The highest BCUT2D eigenvalue weighted by Gasteiger charge is 2.57. The summed E-state index contributed by atoms with van der Waals surface area (Å²) in [6, 6.07) is 7.01. The number of hydrogen-bond donors (Lipinski definition) is 0. The molecule has 0 aromatic heterocycles. The van der Waals surface area contributed by atoms with Gasteiger partial charge in [0.1, 0.15) is 5.75 Å². The summed E-state index contributed by atoms with van der Waals surface area (Å²) >= 11 is 0. The summed E-state index contributed by atoms with van der Waals surface area (Å²) < 4.78 is 12.5. The van der Waals surface area contributed by atoms with E-state index in [1.807, 2.05) is 0 Å². The van der Waals surface area contributed by atoms with Gasteiger partial charge in [-0.1, -0.05) is 46.6 Å². The predicted octanol–water partition coefficient (Wildman–Crippen LogP) is 7.15. The maximum absolute atomic E-state index is 6.46. The lowest BCUT2D eigenvalue weighted by molar-refractivity contribution is -0.0786. The van der Waals surface area contributed by atoms with Crippen molar-refractivity contribution in [3.63, 3.8) is 0 Å². The Morgan fingerprint density at radius 3 is 2.62 bits per heavy atom. The van der Waals surface area contributed by atoms with Crippen LogP contribution in [0.25, 0.3) is 0 Å². The van der Waals surface area contributed by atoms with Gasteiger partial charge in [0.15, 0.2) is 0 Å². The largest absolute Gasteiger partial charge is 0.494 e. The quantitative estimate of drug-likeness (QED) is 0.433. The normalized spacial score (nSPS) is 35.7. The second kappa shape index (κ2) is 9.00. The molecule has 0 N–H and O–H groups in total. The fourth-order valence-corrected chi connectivity index (χ4v) is 7.14. The second-order valence-electron chi connectivity index (χ2n) is 10.4. The Kier molecular flexibility index (Phi) is 6.59. The minimum absolute atomic E-state index is 0.384. The van der Waals surface area contributed by atoms with Crippen LogP contribution < -0.4 is 4.74 Å². The van der Waals surface area contributed by atoms with Crippen molar-refractivity contribution in [1.82, 2.24) is 0 Å². The van der Waals surface area contributed by atoms with E-state index in [2.05, 4.69) is 45.9 Å². The van der Waals surface area contributed by atoms with Crippen molar-refractivity contribution in [3.8, 4) is 5.75 Å². The summed E-state index contributed by atoms with van der Waals surface area (Å²) in [5.74, 6) is 4.22. The summed E-state index contributed by atoms with van der Waals surface area (Å²) in [5, 5.41) is 0. The van der Waals surface area contributed by atoms with Crippen molar-refractivity contribution in [3.05, 3.63) is 29.3 Å². The number of benzene rings is 1. The Morgan fingerprint density at radius 2 is 1.83 bits per heavy atom. The smallest absolute Gasteiger partial charge is 0.119 e. The van der Waals surface area contributed by atoms with Crippen LogP contribution in [-0.2, 0) is 11.2 Å². The first kappa shape index (κ1) is 21.2. The van der Waals surface area contributed by atoms with E-state index in [4.69, 9.17) is 9.47 Å². The minimum Gasteiger partial charge on any atom is -0.494 e. The number of unbranched alkanes of at least 4 members (excludes halogenated alkanes) is 2. The molecule has 3 unspecified atom stereocenters. The van der Waals surface area contributed by atoms with Gasteiger partial charge in [0, 0.05) is 6.61 Å². The molecule has 2 fully saturated rings. The van der Waals surface area contributed by atoms with Crippen LogP contribution >= 0.6 is 0 Å². The predicted molar refractivity (Wildman–Crippen MR) is 121 cm³/mol. The van der Waals surface area contributed by atoms with Gasteiger partial charge in [-0.05, 0) is 97.3 Å². The van der Waals surface area contributed by atoms with Crippen LogP contribution in [-0.4, -0.2) is 19.3 Å². The third-order valence-electron chi connectivity index (χ3n) is 8.48. The van der Waals surface area contributed by atoms with Gasteiger partial charge in [0.05, 0.1) is 12.7 Å². The zero-order valence-corrected chi connectivity index (χ0v) is 19.2. The molecule has 0 aliphatic heterocycles. The van der Waals surface area contributed by atoms with Gasteiger partial charge in [-0.25, -0.2) is 0 Å². The van der Waals surface area contributed by atoms with Crippen LogP contribution in [0.3, 0.4) is 0 Å². The fourth-order valence-electron chi connectivity index (χ4n) is 7.14. The molecule has 2 heteroatoms. The molecule has 0 amide bonds. The van der Waals surface area contributed by atoms with Crippen molar-refractivity contribution < 1.29 is 9.47 Å². The first-order valence-corrected chi connectivity index (χ1v) is 12.5.